The molecule has 124 valence electrons. The van der Waals surface area contributed by atoms with Crippen molar-refractivity contribution in [2.75, 3.05) is 13.1 Å². The fourth-order valence-electron chi connectivity index (χ4n) is 3.29. The van der Waals surface area contributed by atoms with Crippen LogP contribution in [0.3, 0.4) is 0 Å². The number of thiophene rings is 1. The highest BCUT2D eigenvalue weighted by atomic mass is 32.1. The fraction of sp³-hybridized carbons (Fsp3) is 0.353. The van der Waals surface area contributed by atoms with Gasteiger partial charge in [-0.2, -0.15) is 5.10 Å². The van der Waals surface area contributed by atoms with Gasteiger partial charge in [-0.05, 0) is 37.3 Å². The summed E-state index contributed by atoms with van der Waals surface area (Å²) in [5.74, 6) is 0.991. The SMILES string of the molecule is Cc1nccn1[C@@H]1CCCN(C(=O)c2cc(-c3cccs3)[nH]n2)C1. The summed E-state index contributed by atoms with van der Waals surface area (Å²) < 4.78 is 2.17. The number of hydrogen-bond donors (Lipinski definition) is 1. The molecule has 6 nitrogen and oxygen atoms in total. The molecule has 3 aromatic heterocycles. The molecule has 0 spiro atoms. The number of rotatable bonds is 3. The highest BCUT2D eigenvalue weighted by Gasteiger charge is 2.27. The van der Waals surface area contributed by atoms with Gasteiger partial charge >= 0.3 is 0 Å². The lowest BCUT2D eigenvalue weighted by atomic mass is 10.0. The van der Waals surface area contributed by atoms with Gasteiger partial charge < -0.3 is 9.47 Å². The molecule has 1 saturated heterocycles. The Morgan fingerprint density at radius 2 is 2.38 bits per heavy atom. The molecule has 0 bridgehead atoms. The molecule has 0 radical (unpaired) electrons. The van der Waals surface area contributed by atoms with Crippen LogP contribution in [0.1, 0.15) is 35.2 Å². The number of aromatic nitrogens is 4. The van der Waals surface area contributed by atoms with Crippen LogP contribution in [0.5, 0.6) is 0 Å². The number of aromatic amines is 1. The smallest absolute Gasteiger partial charge is 0.274 e. The molecule has 0 saturated carbocycles. The van der Waals surface area contributed by atoms with Crippen LogP contribution >= 0.6 is 11.3 Å². The average Bonchev–Trinajstić information content (AvgIpc) is 3.35. The standard InChI is InChI=1S/C17H19N5OS/c1-12-18-6-8-22(12)13-4-2-7-21(11-13)17(23)15-10-14(19-20-15)16-5-3-9-24-16/h3,5-6,8-10,13H,2,4,7,11H2,1H3,(H,19,20)/t13-/m1/s1. The van der Waals surface area contributed by atoms with E-state index in [1.165, 1.54) is 0 Å². The Morgan fingerprint density at radius 3 is 3.12 bits per heavy atom. The summed E-state index contributed by atoms with van der Waals surface area (Å²) in [6.07, 6.45) is 5.88. The zero-order valence-electron chi connectivity index (χ0n) is 13.5. The summed E-state index contributed by atoms with van der Waals surface area (Å²) in [4.78, 5) is 20.1. The Bertz CT molecular complexity index is 835. The first-order valence-corrected chi connectivity index (χ1v) is 8.98. The lowest BCUT2D eigenvalue weighted by molar-refractivity contribution is 0.0672. The van der Waals surface area contributed by atoms with Crippen LogP contribution in [0, 0.1) is 6.92 Å². The van der Waals surface area contributed by atoms with E-state index in [1.807, 2.05) is 47.8 Å². The number of carbonyl (C=O) groups is 1. The summed E-state index contributed by atoms with van der Waals surface area (Å²) >= 11 is 1.63. The van der Waals surface area contributed by atoms with Gasteiger partial charge in [-0.3, -0.25) is 9.89 Å². The predicted molar refractivity (Wildman–Crippen MR) is 93.0 cm³/mol. The second-order valence-electron chi connectivity index (χ2n) is 6.07. The van der Waals surface area contributed by atoms with Crippen LogP contribution in [0.25, 0.3) is 10.6 Å². The van der Waals surface area contributed by atoms with Gasteiger partial charge in [0.1, 0.15) is 5.82 Å². The van der Waals surface area contributed by atoms with Crippen LogP contribution in [0.2, 0.25) is 0 Å². The van der Waals surface area contributed by atoms with E-state index in [2.05, 4.69) is 19.7 Å². The van der Waals surface area contributed by atoms with Crippen molar-refractivity contribution in [3.8, 4) is 10.6 Å². The van der Waals surface area contributed by atoms with E-state index in [0.29, 0.717) is 18.3 Å². The van der Waals surface area contributed by atoms with Crippen LogP contribution in [-0.4, -0.2) is 43.6 Å². The molecule has 3 aromatic rings. The van der Waals surface area contributed by atoms with Gasteiger partial charge in [0.25, 0.3) is 5.91 Å². The molecule has 1 atom stereocenters. The molecule has 1 aliphatic heterocycles. The molecule has 1 fully saturated rings. The molecule has 24 heavy (non-hydrogen) atoms. The third kappa shape index (κ3) is 2.75. The van der Waals surface area contributed by atoms with Crippen molar-refractivity contribution in [3.05, 3.63) is 47.5 Å². The third-order valence-electron chi connectivity index (χ3n) is 4.52. The van der Waals surface area contributed by atoms with E-state index in [0.717, 1.165) is 35.8 Å². The van der Waals surface area contributed by atoms with Crippen LogP contribution in [-0.2, 0) is 0 Å². The summed E-state index contributed by atoms with van der Waals surface area (Å²) in [5, 5.41) is 9.21. The van der Waals surface area contributed by atoms with Gasteiger partial charge in [0, 0.05) is 25.5 Å². The Morgan fingerprint density at radius 1 is 1.46 bits per heavy atom. The van der Waals surface area contributed by atoms with Crippen molar-refractivity contribution in [3.63, 3.8) is 0 Å². The Kier molecular flexibility index (Phi) is 3.93. The van der Waals surface area contributed by atoms with Crippen molar-refractivity contribution < 1.29 is 4.79 Å². The maximum absolute atomic E-state index is 12.8. The molecule has 1 amide bonds. The molecule has 0 aliphatic carbocycles. The van der Waals surface area contributed by atoms with Crippen molar-refractivity contribution in [1.29, 1.82) is 0 Å². The maximum Gasteiger partial charge on any atom is 0.274 e. The van der Waals surface area contributed by atoms with E-state index in [1.54, 1.807) is 11.3 Å². The number of piperidine rings is 1. The first-order valence-electron chi connectivity index (χ1n) is 8.10. The summed E-state index contributed by atoms with van der Waals surface area (Å²) in [7, 11) is 0. The molecule has 4 rings (SSSR count). The summed E-state index contributed by atoms with van der Waals surface area (Å²) in [6, 6.07) is 6.15. The normalized spacial score (nSPS) is 18.0. The number of aryl methyl sites for hydroxylation is 1. The average molecular weight is 341 g/mol. The van der Waals surface area contributed by atoms with Gasteiger partial charge in [0.05, 0.1) is 16.6 Å². The minimum Gasteiger partial charge on any atom is -0.335 e. The van der Waals surface area contributed by atoms with Gasteiger partial charge in [-0.25, -0.2) is 4.98 Å². The highest BCUT2D eigenvalue weighted by molar-refractivity contribution is 7.13. The van der Waals surface area contributed by atoms with Gasteiger partial charge in [-0.15, -0.1) is 11.3 Å². The van der Waals surface area contributed by atoms with E-state index in [-0.39, 0.29) is 5.91 Å². The van der Waals surface area contributed by atoms with Crippen molar-refractivity contribution in [2.24, 2.45) is 0 Å². The molecular weight excluding hydrogens is 322 g/mol. The fourth-order valence-corrected chi connectivity index (χ4v) is 3.98. The molecule has 0 aromatic carbocycles. The number of hydrogen-bond acceptors (Lipinski definition) is 4. The Hall–Kier alpha value is -2.41. The van der Waals surface area contributed by atoms with Gasteiger partial charge in [-0.1, -0.05) is 6.07 Å². The zero-order chi connectivity index (χ0) is 16.5. The molecule has 4 heterocycles. The van der Waals surface area contributed by atoms with Crippen LogP contribution < -0.4 is 0 Å². The van der Waals surface area contributed by atoms with Gasteiger partial charge in [0.15, 0.2) is 5.69 Å². The predicted octanol–water partition coefficient (Wildman–Crippen LogP) is 3.12. The van der Waals surface area contributed by atoms with Crippen molar-refractivity contribution >= 4 is 17.2 Å². The number of H-pyrrole nitrogens is 1. The molecule has 1 aliphatic rings. The van der Waals surface area contributed by atoms with Crippen LogP contribution in [0.15, 0.2) is 36.0 Å². The van der Waals surface area contributed by atoms with Gasteiger partial charge in [0.2, 0.25) is 0 Å². The maximum atomic E-state index is 12.8. The molecule has 7 heteroatoms. The topological polar surface area (TPSA) is 66.8 Å². The van der Waals surface area contributed by atoms with Crippen molar-refractivity contribution in [2.45, 2.75) is 25.8 Å². The first-order chi connectivity index (χ1) is 11.7. The number of amides is 1. The summed E-state index contributed by atoms with van der Waals surface area (Å²) in [6.45, 7) is 3.49. The minimum atomic E-state index is -0.00322. The van der Waals surface area contributed by atoms with Crippen molar-refractivity contribution in [1.82, 2.24) is 24.6 Å². The quantitative estimate of drug-likeness (QED) is 0.796. The monoisotopic (exact) mass is 341 g/mol. The number of nitrogens with one attached hydrogen (secondary N) is 1. The summed E-state index contributed by atoms with van der Waals surface area (Å²) in [5.41, 5.74) is 1.38. The largest absolute Gasteiger partial charge is 0.335 e. The van der Waals surface area contributed by atoms with E-state index in [9.17, 15) is 4.79 Å². The zero-order valence-corrected chi connectivity index (χ0v) is 14.3. The van der Waals surface area contributed by atoms with E-state index < -0.39 is 0 Å². The first kappa shape index (κ1) is 15.1. The molecule has 0 unspecified atom stereocenters. The highest BCUT2D eigenvalue weighted by Crippen LogP contribution is 2.26. The minimum absolute atomic E-state index is 0.00322. The Balaban J connectivity index is 1.51. The number of carbonyl (C=O) groups excluding carboxylic acids is 1. The second-order valence-corrected chi connectivity index (χ2v) is 7.02. The van der Waals surface area contributed by atoms with E-state index in [4.69, 9.17) is 0 Å². The lowest BCUT2D eigenvalue weighted by Crippen LogP contribution is -2.41. The number of nitrogens with zero attached hydrogens (tertiary/aromatic N) is 4. The lowest BCUT2D eigenvalue weighted by Gasteiger charge is -2.33. The molecule has 1 N–H and O–H groups in total. The second kappa shape index (κ2) is 6.24. The van der Waals surface area contributed by atoms with Crippen LogP contribution in [0.4, 0.5) is 0 Å². The van der Waals surface area contributed by atoms with E-state index >= 15 is 0 Å². The molecular formula is C17H19N5OS. The Labute approximate surface area is 144 Å². The number of likely N-dealkylation sites (tertiary alicyclic amines) is 1. The number of imidazole rings is 1. The third-order valence-corrected chi connectivity index (χ3v) is 5.43.